The average molecular weight is 221 g/mol. The summed E-state index contributed by atoms with van der Waals surface area (Å²) >= 11 is 10.7. The van der Waals surface area contributed by atoms with Gasteiger partial charge in [0, 0.05) is 5.56 Å². The molecule has 70 valence electrons. The zero-order valence-electron chi connectivity index (χ0n) is 6.37. The van der Waals surface area contributed by atoms with Crippen molar-refractivity contribution in [3.05, 3.63) is 23.8 Å². The number of Topliss-reactive ketones (excluding diaryl/α,β-unsaturated/α-hetero) is 1. The van der Waals surface area contributed by atoms with Gasteiger partial charge in [0.15, 0.2) is 22.1 Å². The number of alkyl halides is 2. The minimum absolute atomic E-state index is 0.158. The SMILES string of the molecule is O=C(c1ccc(O)c(O)c1)C(Cl)Cl. The Morgan fingerprint density at radius 1 is 1.23 bits per heavy atom. The summed E-state index contributed by atoms with van der Waals surface area (Å²) in [7, 11) is 0. The van der Waals surface area contributed by atoms with Crippen molar-refractivity contribution < 1.29 is 15.0 Å². The molecule has 13 heavy (non-hydrogen) atoms. The van der Waals surface area contributed by atoms with Crippen LogP contribution in [0, 0.1) is 0 Å². The van der Waals surface area contributed by atoms with E-state index < -0.39 is 10.6 Å². The summed E-state index contributed by atoms with van der Waals surface area (Å²) in [6.45, 7) is 0. The van der Waals surface area contributed by atoms with Gasteiger partial charge in [0.1, 0.15) is 0 Å². The van der Waals surface area contributed by atoms with Gasteiger partial charge in [-0.1, -0.05) is 23.2 Å². The first-order chi connectivity index (χ1) is 6.02. The van der Waals surface area contributed by atoms with Crippen molar-refractivity contribution in [1.29, 1.82) is 0 Å². The zero-order chi connectivity index (χ0) is 10.0. The predicted molar refractivity (Wildman–Crippen MR) is 49.6 cm³/mol. The Morgan fingerprint density at radius 2 is 1.85 bits per heavy atom. The van der Waals surface area contributed by atoms with Crippen LogP contribution < -0.4 is 0 Å². The summed E-state index contributed by atoms with van der Waals surface area (Å²) in [6.07, 6.45) is 0. The summed E-state index contributed by atoms with van der Waals surface area (Å²) in [5, 5.41) is 18.0. The van der Waals surface area contributed by atoms with Crippen LogP contribution in [0.1, 0.15) is 10.4 Å². The molecule has 0 unspecified atom stereocenters. The number of benzene rings is 1. The number of aromatic hydroxyl groups is 2. The number of ketones is 1. The van der Waals surface area contributed by atoms with Gasteiger partial charge < -0.3 is 10.2 Å². The average Bonchev–Trinajstić information content (AvgIpc) is 2.08. The van der Waals surface area contributed by atoms with Gasteiger partial charge in [-0.2, -0.15) is 0 Å². The van der Waals surface area contributed by atoms with Crippen LogP contribution in [-0.4, -0.2) is 20.8 Å². The van der Waals surface area contributed by atoms with Crippen molar-refractivity contribution in [2.24, 2.45) is 0 Å². The fourth-order valence-corrected chi connectivity index (χ4v) is 1.05. The smallest absolute Gasteiger partial charge is 0.195 e. The van der Waals surface area contributed by atoms with Gasteiger partial charge in [-0.3, -0.25) is 4.79 Å². The molecule has 0 aliphatic rings. The Labute approximate surface area is 84.5 Å². The van der Waals surface area contributed by atoms with E-state index in [1.807, 2.05) is 0 Å². The summed E-state index contributed by atoms with van der Waals surface area (Å²) in [5.74, 6) is -1.18. The topological polar surface area (TPSA) is 57.5 Å². The van der Waals surface area contributed by atoms with Crippen LogP contribution in [0.3, 0.4) is 0 Å². The second-order valence-electron chi connectivity index (χ2n) is 2.37. The largest absolute Gasteiger partial charge is 0.504 e. The number of carbonyl (C=O) groups excluding carboxylic acids is 1. The van der Waals surface area contributed by atoms with Crippen LogP contribution in [0.25, 0.3) is 0 Å². The number of carbonyl (C=O) groups is 1. The molecular formula is C8H6Cl2O3. The highest BCUT2D eigenvalue weighted by atomic mass is 35.5. The predicted octanol–water partition coefficient (Wildman–Crippen LogP) is 2.08. The van der Waals surface area contributed by atoms with E-state index >= 15 is 0 Å². The van der Waals surface area contributed by atoms with Crippen LogP contribution in [0.2, 0.25) is 0 Å². The molecule has 0 fully saturated rings. The maximum Gasteiger partial charge on any atom is 0.195 e. The lowest BCUT2D eigenvalue weighted by Gasteiger charge is -2.02. The van der Waals surface area contributed by atoms with E-state index in [1.54, 1.807) is 0 Å². The molecule has 0 bridgehead atoms. The maximum absolute atomic E-state index is 11.2. The van der Waals surface area contributed by atoms with E-state index in [0.717, 1.165) is 6.07 Å². The second-order valence-corrected chi connectivity index (χ2v) is 3.46. The van der Waals surface area contributed by atoms with Gasteiger partial charge in [-0.15, -0.1) is 0 Å². The number of halogens is 2. The van der Waals surface area contributed by atoms with Gasteiger partial charge in [0.05, 0.1) is 0 Å². The number of hydrogen-bond donors (Lipinski definition) is 2. The molecule has 0 heterocycles. The van der Waals surface area contributed by atoms with E-state index in [9.17, 15) is 4.79 Å². The molecule has 0 aliphatic heterocycles. The van der Waals surface area contributed by atoms with Crippen LogP contribution in [-0.2, 0) is 0 Å². The minimum Gasteiger partial charge on any atom is -0.504 e. The van der Waals surface area contributed by atoms with Crippen molar-refractivity contribution in [3.8, 4) is 11.5 Å². The van der Waals surface area contributed by atoms with E-state index in [1.165, 1.54) is 12.1 Å². The van der Waals surface area contributed by atoms with Crippen LogP contribution in [0.4, 0.5) is 0 Å². The Kier molecular flexibility index (Phi) is 3.01. The summed E-state index contributed by atoms with van der Waals surface area (Å²) in [4.78, 5) is 9.99. The fourth-order valence-electron chi connectivity index (χ4n) is 0.803. The van der Waals surface area contributed by atoms with E-state index in [0.29, 0.717) is 0 Å². The number of phenolic OH excluding ortho intramolecular Hbond substituents is 2. The molecule has 0 radical (unpaired) electrons. The first-order valence-electron chi connectivity index (χ1n) is 3.36. The second kappa shape index (κ2) is 3.85. The molecular weight excluding hydrogens is 215 g/mol. The first-order valence-corrected chi connectivity index (χ1v) is 4.24. The zero-order valence-corrected chi connectivity index (χ0v) is 7.88. The van der Waals surface area contributed by atoms with Gasteiger partial charge in [-0.05, 0) is 18.2 Å². The molecule has 0 spiro atoms. The van der Waals surface area contributed by atoms with Crippen LogP contribution >= 0.6 is 23.2 Å². The van der Waals surface area contributed by atoms with Gasteiger partial charge in [0.25, 0.3) is 0 Å². The third kappa shape index (κ3) is 2.26. The van der Waals surface area contributed by atoms with Crippen molar-refractivity contribution >= 4 is 29.0 Å². The monoisotopic (exact) mass is 220 g/mol. The highest BCUT2D eigenvalue weighted by molar-refractivity contribution is 6.55. The molecule has 0 saturated carbocycles. The Bertz CT molecular complexity index is 336. The van der Waals surface area contributed by atoms with E-state index in [-0.39, 0.29) is 17.1 Å². The lowest BCUT2D eigenvalue weighted by Crippen LogP contribution is -2.07. The lowest BCUT2D eigenvalue weighted by molar-refractivity contribution is 0.101. The summed E-state index contributed by atoms with van der Waals surface area (Å²) < 4.78 is 0. The van der Waals surface area contributed by atoms with E-state index in [4.69, 9.17) is 33.4 Å². The highest BCUT2D eigenvalue weighted by Crippen LogP contribution is 2.26. The van der Waals surface area contributed by atoms with Crippen molar-refractivity contribution in [2.45, 2.75) is 4.84 Å². The Morgan fingerprint density at radius 3 is 2.31 bits per heavy atom. The van der Waals surface area contributed by atoms with Gasteiger partial charge >= 0.3 is 0 Å². The Balaban J connectivity index is 3.04. The summed E-state index contributed by atoms with van der Waals surface area (Å²) in [5.41, 5.74) is 0.158. The molecule has 2 N–H and O–H groups in total. The van der Waals surface area contributed by atoms with Gasteiger partial charge in [-0.25, -0.2) is 0 Å². The molecule has 1 rings (SSSR count). The van der Waals surface area contributed by atoms with Crippen LogP contribution in [0.15, 0.2) is 18.2 Å². The molecule has 0 amide bonds. The normalized spacial score (nSPS) is 10.4. The number of hydrogen-bond acceptors (Lipinski definition) is 3. The molecule has 0 atom stereocenters. The molecule has 0 saturated heterocycles. The third-order valence-electron chi connectivity index (χ3n) is 1.46. The van der Waals surface area contributed by atoms with Crippen molar-refractivity contribution in [1.82, 2.24) is 0 Å². The van der Waals surface area contributed by atoms with Crippen molar-refractivity contribution in [3.63, 3.8) is 0 Å². The minimum atomic E-state index is -1.16. The molecule has 0 aromatic heterocycles. The molecule has 0 aliphatic carbocycles. The molecule has 1 aromatic carbocycles. The van der Waals surface area contributed by atoms with E-state index in [2.05, 4.69) is 0 Å². The lowest BCUT2D eigenvalue weighted by atomic mass is 10.1. The quantitative estimate of drug-likeness (QED) is 0.456. The van der Waals surface area contributed by atoms with Gasteiger partial charge in [0.2, 0.25) is 0 Å². The maximum atomic E-state index is 11.2. The highest BCUT2D eigenvalue weighted by Gasteiger charge is 2.15. The Hall–Kier alpha value is -0.930. The molecule has 3 nitrogen and oxygen atoms in total. The first kappa shape index (κ1) is 10.2. The third-order valence-corrected chi connectivity index (χ3v) is 1.85. The standard InChI is InChI=1S/C8H6Cl2O3/c9-8(10)7(13)4-1-2-5(11)6(12)3-4/h1-3,8,11-12H. The van der Waals surface area contributed by atoms with Crippen LogP contribution in [0.5, 0.6) is 11.5 Å². The molecule has 1 aromatic rings. The number of rotatable bonds is 2. The fraction of sp³-hybridized carbons (Fsp3) is 0.125. The number of phenols is 2. The van der Waals surface area contributed by atoms with Crippen molar-refractivity contribution in [2.75, 3.05) is 0 Å². The molecule has 5 heteroatoms. The summed E-state index contributed by atoms with van der Waals surface area (Å²) in [6, 6.07) is 3.63.